The largest absolute Gasteiger partial charge is 0.393 e. The van der Waals surface area contributed by atoms with Gasteiger partial charge in [0.05, 0.1) is 23.2 Å². The molecule has 0 aliphatic heterocycles. The summed E-state index contributed by atoms with van der Waals surface area (Å²) in [6.07, 6.45) is 2.49. The summed E-state index contributed by atoms with van der Waals surface area (Å²) in [5, 5.41) is 23.3. The lowest BCUT2D eigenvalue weighted by Crippen LogP contribution is -2.22. The van der Waals surface area contributed by atoms with Gasteiger partial charge in [0.1, 0.15) is 11.6 Å². The zero-order chi connectivity index (χ0) is 13.1. The average Bonchev–Trinajstić information content (AvgIpc) is 2.71. The molecule has 98 valence electrons. The number of rotatable bonds is 4. The van der Waals surface area contributed by atoms with Crippen LogP contribution in [0, 0.1) is 16.0 Å². The lowest BCUT2D eigenvalue weighted by Gasteiger charge is -2.15. The first-order chi connectivity index (χ1) is 8.56. The second-order valence-electron chi connectivity index (χ2n) is 4.53. The van der Waals surface area contributed by atoms with Gasteiger partial charge in [-0.1, -0.05) is 6.42 Å². The second kappa shape index (κ2) is 5.18. The zero-order valence-electron chi connectivity index (χ0n) is 9.87. The van der Waals surface area contributed by atoms with Gasteiger partial charge in [0, 0.05) is 12.5 Å². The lowest BCUT2D eigenvalue weighted by atomic mass is 10.1. The Hall–Kier alpha value is -1.89. The van der Waals surface area contributed by atoms with E-state index in [0.29, 0.717) is 12.4 Å². The maximum absolute atomic E-state index is 10.7. The van der Waals surface area contributed by atoms with E-state index in [1.165, 1.54) is 12.1 Å². The molecule has 0 saturated heterocycles. The third-order valence-corrected chi connectivity index (χ3v) is 3.21. The van der Waals surface area contributed by atoms with Crippen LogP contribution < -0.4 is 11.1 Å². The summed E-state index contributed by atoms with van der Waals surface area (Å²) in [4.78, 5) is 14.1. The zero-order valence-corrected chi connectivity index (χ0v) is 9.87. The minimum atomic E-state index is -0.506. The number of aliphatic hydroxyl groups is 1. The molecule has 18 heavy (non-hydrogen) atoms. The molecule has 1 aliphatic rings. The molecule has 1 fully saturated rings. The molecule has 2 rings (SSSR count). The molecule has 1 saturated carbocycles. The van der Waals surface area contributed by atoms with Crippen molar-refractivity contribution in [2.24, 2.45) is 5.92 Å². The van der Waals surface area contributed by atoms with Gasteiger partial charge in [0.15, 0.2) is 0 Å². The van der Waals surface area contributed by atoms with Crippen molar-refractivity contribution in [1.82, 2.24) is 4.98 Å². The van der Waals surface area contributed by atoms with Gasteiger partial charge >= 0.3 is 0 Å². The normalized spacial score (nSPS) is 22.9. The maximum atomic E-state index is 10.7. The highest BCUT2D eigenvalue weighted by Crippen LogP contribution is 2.26. The highest BCUT2D eigenvalue weighted by molar-refractivity contribution is 5.52. The van der Waals surface area contributed by atoms with Crippen molar-refractivity contribution in [1.29, 1.82) is 0 Å². The van der Waals surface area contributed by atoms with E-state index >= 15 is 0 Å². The molecule has 1 aliphatic carbocycles. The predicted molar refractivity (Wildman–Crippen MR) is 67.1 cm³/mol. The second-order valence-corrected chi connectivity index (χ2v) is 4.53. The van der Waals surface area contributed by atoms with Crippen LogP contribution in [-0.2, 0) is 0 Å². The van der Waals surface area contributed by atoms with Crippen LogP contribution in [0.15, 0.2) is 12.1 Å². The number of aliphatic hydroxyl groups excluding tert-OH is 1. The molecular weight excluding hydrogens is 236 g/mol. The van der Waals surface area contributed by atoms with Crippen molar-refractivity contribution in [3.8, 4) is 0 Å². The number of nitro groups is 1. The van der Waals surface area contributed by atoms with Crippen LogP contribution in [0.1, 0.15) is 19.3 Å². The van der Waals surface area contributed by atoms with Gasteiger partial charge in [-0.05, 0) is 12.8 Å². The van der Waals surface area contributed by atoms with Gasteiger partial charge in [-0.25, -0.2) is 4.98 Å². The monoisotopic (exact) mass is 252 g/mol. The summed E-state index contributed by atoms with van der Waals surface area (Å²) in [5.41, 5.74) is 5.42. The maximum Gasteiger partial charge on any atom is 0.276 e. The van der Waals surface area contributed by atoms with Crippen molar-refractivity contribution in [3.05, 3.63) is 22.2 Å². The Morgan fingerprint density at radius 2 is 2.33 bits per heavy atom. The van der Waals surface area contributed by atoms with Crippen molar-refractivity contribution in [2.45, 2.75) is 25.4 Å². The van der Waals surface area contributed by atoms with E-state index in [4.69, 9.17) is 5.73 Å². The third kappa shape index (κ3) is 2.86. The van der Waals surface area contributed by atoms with Crippen LogP contribution in [0.25, 0.3) is 0 Å². The lowest BCUT2D eigenvalue weighted by molar-refractivity contribution is -0.384. The van der Waals surface area contributed by atoms with Crippen LogP contribution in [0.2, 0.25) is 0 Å². The first-order valence-electron chi connectivity index (χ1n) is 5.90. The number of hydrogen-bond acceptors (Lipinski definition) is 6. The van der Waals surface area contributed by atoms with Crippen LogP contribution >= 0.6 is 0 Å². The number of nitrogens with one attached hydrogen (secondary N) is 1. The van der Waals surface area contributed by atoms with Gasteiger partial charge in [-0.3, -0.25) is 10.1 Å². The molecule has 1 aromatic rings. The number of hydrogen-bond donors (Lipinski definition) is 3. The Bertz CT molecular complexity index is 452. The highest BCUT2D eigenvalue weighted by Gasteiger charge is 2.25. The molecule has 0 spiro atoms. The van der Waals surface area contributed by atoms with Crippen LogP contribution in [0.3, 0.4) is 0 Å². The third-order valence-electron chi connectivity index (χ3n) is 3.21. The minimum Gasteiger partial charge on any atom is -0.393 e. The number of nitrogen functional groups attached to an aromatic ring is 1. The molecule has 0 bridgehead atoms. The van der Waals surface area contributed by atoms with Gasteiger partial charge in [-0.15, -0.1) is 0 Å². The predicted octanol–water partition coefficient (Wildman–Crippen LogP) is 1.14. The number of pyridine rings is 1. The fourth-order valence-electron chi connectivity index (χ4n) is 2.22. The fourth-order valence-corrected chi connectivity index (χ4v) is 2.22. The molecule has 4 N–H and O–H groups in total. The Morgan fingerprint density at radius 1 is 1.56 bits per heavy atom. The van der Waals surface area contributed by atoms with Crippen LogP contribution in [-0.4, -0.2) is 27.7 Å². The molecule has 0 aromatic carbocycles. The van der Waals surface area contributed by atoms with Crippen LogP contribution in [0.5, 0.6) is 0 Å². The molecule has 0 radical (unpaired) electrons. The quantitative estimate of drug-likeness (QED) is 0.547. The van der Waals surface area contributed by atoms with E-state index < -0.39 is 4.92 Å². The molecule has 2 atom stereocenters. The minimum absolute atomic E-state index is 0.0861. The molecule has 2 unspecified atom stereocenters. The Labute approximate surface area is 104 Å². The summed E-state index contributed by atoms with van der Waals surface area (Å²) in [6, 6.07) is 2.56. The van der Waals surface area contributed by atoms with E-state index in [1.54, 1.807) is 0 Å². The van der Waals surface area contributed by atoms with E-state index in [1.807, 2.05) is 0 Å². The summed E-state index contributed by atoms with van der Waals surface area (Å²) in [6.45, 7) is 0.550. The number of nitrogens with zero attached hydrogens (tertiary/aromatic N) is 2. The Kier molecular flexibility index (Phi) is 3.61. The smallest absolute Gasteiger partial charge is 0.276 e. The number of anilines is 2. The Morgan fingerprint density at radius 3 is 2.94 bits per heavy atom. The fraction of sp³-hybridized carbons (Fsp3) is 0.545. The average molecular weight is 252 g/mol. The van der Waals surface area contributed by atoms with Gasteiger partial charge in [0.2, 0.25) is 0 Å². The van der Waals surface area contributed by atoms with Gasteiger partial charge < -0.3 is 16.2 Å². The summed E-state index contributed by atoms with van der Waals surface area (Å²) in [5.74, 6) is 0.659. The summed E-state index contributed by atoms with van der Waals surface area (Å²) < 4.78 is 0. The van der Waals surface area contributed by atoms with E-state index in [2.05, 4.69) is 10.3 Å². The standard InChI is InChI=1S/C11H16N4O3/c12-10-4-8(15(17)18)5-11(14-10)13-6-7-2-1-3-9(7)16/h4-5,7,9,16H,1-3,6H2,(H3,12,13,14). The molecule has 1 aromatic heterocycles. The summed E-state index contributed by atoms with van der Waals surface area (Å²) in [7, 11) is 0. The molecule has 0 amide bonds. The van der Waals surface area contributed by atoms with Gasteiger partial charge in [0.25, 0.3) is 5.69 Å². The first-order valence-corrected chi connectivity index (χ1v) is 5.90. The summed E-state index contributed by atoms with van der Waals surface area (Å²) >= 11 is 0. The van der Waals surface area contributed by atoms with Crippen molar-refractivity contribution >= 4 is 17.3 Å². The van der Waals surface area contributed by atoms with E-state index in [0.717, 1.165) is 19.3 Å². The molecule has 7 heteroatoms. The van der Waals surface area contributed by atoms with E-state index in [-0.39, 0.29) is 23.5 Å². The SMILES string of the molecule is Nc1cc([N+](=O)[O-])cc(NCC2CCCC2O)n1. The topological polar surface area (TPSA) is 114 Å². The van der Waals surface area contributed by atoms with Crippen LogP contribution in [0.4, 0.5) is 17.3 Å². The molecule has 1 heterocycles. The van der Waals surface area contributed by atoms with Gasteiger partial charge in [-0.2, -0.15) is 0 Å². The van der Waals surface area contributed by atoms with Crippen molar-refractivity contribution in [2.75, 3.05) is 17.6 Å². The number of aromatic nitrogens is 1. The number of nitrogens with two attached hydrogens (primary N) is 1. The molecular formula is C11H16N4O3. The Balaban J connectivity index is 2.02. The van der Waals surface area contributed by atoms with Crippen molar-refractivity contribution in [3.63, 3.8) is 0 Å². The van der Waals surface area contributed by atoms with E-state index in [9.17, 15) is 15.2 Å². The first kappa shape index (κ1) is 12.6. The highest BCUT2D eigenvalue weighted by atomic mass is 16.6. The molecule has 7 nitrogen and oxygen atoms in total. The van der Waals surface area contributed by atoms with Crippen molar-refractivity contribution < 1.29 is 10.0 Å².